The van der Waals surface area contributed by atoms with Crippen LogP contribution in [0.25, 0.3) is 5.70 Å². The van der Waals surface area contributed by atoms with E-state index in [0.717, 1.165) is 33.7 Å². The van der Waals surface area contributed by atoms with Gasteiger partial charge in [-0.25, -0.2) is 4.99 Å². The molecule has 2 aliphatic heterocycles. The zero-order chi connectivity index (χ0) is 27.4. The highest BCUT2D eigenvalue weighted by Crippen LogP contribution is 2.29. The number of benzene rings is 1. The Kier molecular flexibility index (Phi) is 8.25. The first-order chi connectivity index (χ1) is 18.2. The number of piperidine rings is 1. The van der Waals surface area contributed by atoms with E-state index in [0.29, 0.717) is 44.7 Å². The Hall–Kier alpha value is -3.60. The first-order valence-electron chi connectivity index (χ1n) is 12.8. The zero-order valence-corrected chi connectivity index (χ0v) is 22.5. The average Bonchev–Trinajstić information content (AvgIpc) is 2.92. The van der Waals surface area contributed by atoms with Gasteiger partial charge in [-0.1, -0.05) is 24.3 Å². The molecule has 5 N–H and O–H groups in total. The predicted molar refractivity (Wildman–Crippen MR) is 148 cm³/mol. The minimum Gasteiger partial charge on any atom is -0.496 e. The van der Waals surface area contributed by atoms with Crippen LogP contribution in [0.2, 0.25) is 0 Å². The van der Waals surface area contributed by atoms with Crippen molar-refractivity contribution >= 4 is 23.7 Å². The number of nitrogens with two attached hydrogens (primary N) is 1. The van der Waals surface area contributed by atoms with E-state index in [2.05, 4.69) is 20.2 Å². The fourth-order valence-corrected chi connectivity index (χ4v) is 5.04. The Labute approximate surface area is 223 Å². The van der Waals surface area contributed by atoms with Gasteiger partial charge >= 0.3 is 0 Å². The van der Waals surface area contributed by atoms with Gasteiger partial charge in [0.15, 0.2) is 0 Å². The number of pyridine rings is 1. The van der Waals surface area contributed by atoms with Crippen LogP contribution in [0.1, 0.15) is 40.8 Å². The third-order valence-electron chi connectivity index (χ3n) is 7.38. The van der Waals surface area contributed by atoms with Gasteiger partial charge in [-0.3, -0.25) is 25.0 Å². The highest BCUT2D eigenvalue weighted by molar-refractivity contribution is 6.47. The van der Waals surface area contributed by atoms with Crippen molar-refractivity contribution in [2.45, 2.75) is 45.4 Å². The summed E-state index contributed by atoms with van der Waals surface area (Å²) >= 11 is 0. The number of aliphatic hydroxyl groups is 1. The summed E-state index contributed by atoms with van der Waals surface area (Å²) < 4.78 is 5.53. The monoisotopic (exact) mass is 519 g/mol. The molecule has 4 rings (SSSR count). The molecule has 38 heavy (non-hydrogen) atoms. The second kappa shape index (κ2) is 11.4. The minimum absolute atomic E-state index is 0.0918. The number of aryl methyl sites for hydroxylation is 1. The number of nitrogens with zero attached hydrogens (tertiary/aromatic N) is 4. The maximum Gasteiger partial charge on any atom is 0.279 e. The van der Waals surface area contributed by atoms with Crippen molar-refractivity contribution in [3.8, 4) is 5.75 Å². The molecule has 0 unspecified atom stereocenters. The average molecular weight is 520 g/mol. The first-order valence-corrected chi connectivity index (χ1v) is 12.8. The molecule has 10 nitrogen and oxygen atoms in total. The summed E-state index contributed by atoms with van der Waals surface area (Å²) in [5.41, 5.74) is 10.1. The molecule has 3 heterocycles. The molecule has 0 atom stereocenters. The van der Waals surface area contributed by atoms with Crippen LogP contribution in [-0.2, 0) is 17.9 Å². The third kappa shape index (κ3) is 5.62. The van der Waals surface area contributed by atoms with Crippen molar-refractivity contribution < 1.29 is 14.6 Å². The highest BCUT2D eigenvalue weighted by atomic mass is 16.5. The molecule has 1 aromatic carbocycles. The molecule has 2 aromatic rings. The van der Waals surface area contributed by atoms with E-state index >= 15 is 0 Å². The molecule has 1 aromatic heterocycles. The summed E-state index contributed by atoms with van der Waals surface area (Å²) in [6, 6.07) is 7.60. The number of hydrogen-bond donors (Lipinski definition) is 4. The Bertz CT molecular complexity index is 1260. The van der Waals surface area contributed by atoms with Crippen LogP contribution >= 0.6 is 0 Å². The van der Waals surface area contributed by atoms with Gasteiger partial charge in [-0.15, -0.1) is 0 Å². The Morgan fingerprint density at radius 3 is 2.53 bits per heavy atom. The van der Waals surface area contributed by atoms with E-state index in [9.17, 15) is 9.90 Å². The number of likely N-dealkylation sites (tertiary alicyclic amines) is 1. The Morgan fingerprint density at radius 1 is 1.24 bits per heavy atom. The summed E-state index contributed by atoms with van der Waals surface area (Å²) in [7, 11) is 3.40. The number of carbonyl (C=O) groups is 1. The SMILES string of the molecule is CN/C(=C1/N=CN(CC2(O)CCN(Cc3ncc(C)c(OC)c3C)CC2)C(=O)C1=N)c1ccc(CN)cc1. The van der Waals surface area contributed by atoms with Gasteiger partial charge in [0.1, 0.15) is 17.2 Å². The largest absolute Gasteiger partial charge is 0.496 e. The molecular formula is C28H37N7O3. The van der Waals surface area contributed by atoms with Crippen molar-refractivity contribution in [1.82, 2.24) is 20.1 Å². The van der Waals surface area contributed by atoms with Crippen molar-refractivity contribution in [1.29, 1.82) is 5.41 Å². The van der Waals surface area contributed by atoms with Crippen LogP contribution in [0.4, 0.5) is 0 Å². The van der Waals surface area contributed by atoms with Gasteiger partial charge in [0, 0.05) is 50.6 Å². The number of rotatable bonds is 8. The normalized spacial score (nSPS) is 19.1. The minimum atomic E-state index is -1.06. The van der Waals surface area contributed by atoms with Gasteiger partial charge in [0.05, 0.1) is 37.0 Å². The lowest BCUT2D eigenvalue weighted by Crippen LogP contribution is -2.53. The summed E-state index contributed by atoms with van der Waals surface area (Å²) in [6.45, 7) is 6.52. The molecule has 0 saturated carbocycles. The standard InChI is InChI=1S/C28H37N7O3/c1-18-14-32-22(19(2)26(18)38-4)15-34-11-9-28(37,10-12-34)16-35-17-33-25(23(30)27(35)36)24(31-3)21-7-5-20(13-29)6-8-21/h5-8,14,17,30-31,37H,9-13,15-16,29H2,1-4H3/b25-24+,30-23?. The highest BCUT2D eigenvalue weighted by Gasteiger charge is 2.38. The maximum atomic E-state index is 13.1. The van der Waals surface area contributed by atoms with Crippen LogP contribution < -0.4 is 15.8 Å². The number of carbonyl (C=O) groups excluding carboxylic acids is 1. The number of aromatic nitrogens is 1. The number of aliphatic imine (C=N–C) groups is 1. The molecule has 0 spiro atoms. The number of β-amino-alcohol motifs (C(OH)–C–C–N with tert-alkyl or cyclic N) is 1. The summed E-state index contributed by atoms with van der Waals surface area (Å²) in [4.78, 5) is 25.8. The van der Waals surface area contributed by atoms with Crippen LogP contribution in [-0.4, -0.2) is 77.2 Å². The van der Waals surface area contributed by atoms with Crippen molar-refractivity contribution in [3.05, 3.63) is 64.1 Å². The number of amides is 1. The van der Waals surface area contributed by atoms with Gasteiger partial charge in [0.25, 0.3) is 5.91 Å². The van der Waals surface area contributed by atoms with E-state index < -0.39 is 11.5 Å². The number of methoxy groups -OCH3 is 1. The summed E-state index contributed by atoms with van der Waals surface area (Å²) in [6.07, 6.45) is 4.25. The van der Waals surface area contributed by atoms with Gasteiger partial charge in [-0.05, 0) is 37.8 Å². The molecule has 202 valence electrons. The summed E-state index contributed by atoms with van der Waals surface area (Å²) in [5, 5.41) is 22.9. The molecule has 1 saturated heterocycles. The van der Waals surface area contributed by atoms with Crippen molar-refractivity contribution in [2.75, 3.05) is 33.8 Å². The molecule has 10 heteroatoms. The second-order valence-electron chi connectivity index (χ2n) is 9.97. The molecule has 1 fully saturated rings. The van der Waals surface area contributed by atoms with E-state index in [1.807, 2.05) is 44.3 Å². The van der Waals surface area contributed by atoms with Crippen molar-refractivity contribution in [2.24, 2.45) is 10.7 Å². The lowest BCUT2D eigenvalue weighted by Gasteiger charge is -2.40. The molecular weight excluding hydrogens is 482 g/mol. The van der Waals surface area contributed by atoms with Crippen LogP contribution in [0.5, 0.6) is 5.75 Å². The van der Waals surface area contributed by atoms with E-state index in [4.69, 9.17) is 15.9 Å². The van der Waals surface area contributed by atoms with Crippen LogP contribution in [0, 0.1) is 19.3 Å². The quantitative estimate of drug-likeness (QED) is 0.418. The second-order valence-corrected chi connectivity index (χ2v) is 9.97. The first kappa shape index (κ1) is 27.4. The van der Waals surface area contributed by atoms with Gasteiger partial charge in [-0.2, -0.15) is 0 Å². The fraction of sp³-hybridized carbons (Fsp3) is 0.429. The van der Waals surface area contributed by atoms with Gasteiger partial charge < -0.3 is 20.9 Å². The Balaban J connectivity index is 1.43. The molecule has 0 bridgehead atoms. The summed E-state index contributed by atoms with van der Waals surface area (Å²) in [5.74, 6) is 0.375. The maximum absolute atomic E-state index is 13.1. The molecule has 1 amide bonds. The van der Waals surface area contributed by atoms with Crippen LogP contribution in [0.15, 0.2) is 41.2 Å². The molecule has 2 aliphatic rings. The van der Waals surface area contributed by atoms with E-state index in [1.165, 1.54) is 11.2 Å². The number of hydrogen-bond acceptors (Lipinski definition) is 9. The van der Waals surface area contributed by atoms with Gasteiger partial charge in [0.2, 0.25) is 0 Å². The number of nitrogens with one attached hydrogen (secondary N) is 2. The topological polar surface area (TPSA) is 140 Å². The Morgan fingerprint density at radius 2 is 1.92 bits per heavy atom. The molecule has 0 aliphatic carbocycles. The fourth-order valence-electron chi connectivity index (χ4n) is 5.04. The van der Waals surface area contributed by atoms with E-state index in [1.54, 1.807) is 14.2 Å². The third-order valence-corrected chi connectivity index (χ3v) is 7.38. The smallest absolute Gasteiger partial charge is 0.279 e. The van der Waals surface area contributed by atoms with E-state index in [-0.39, 0.29) is 18.0 Å². The van der Waals surface area contributed by atoms with Crippen LogP contribution in [0.3, 0.4) is 0 Å². The zero-order valence-electron chi connectivity index (χ0n) is 22.5. The lowest BCUT2D eigenvalue weighted by atomic mass is 9.90. The predicted octanol–water partition coefficient (Wildman–Crippen LogP) is 1.97. The molecule has 0 radical (unpaired) electrons. The lowest BCUT2D eigenvalue weighted by molar-refractivity contribution is -0.124. The van der Waals surface area contributed by atoms with Crippen molar-refractivity contribution in [3.63, 3.8) is 0 Å². The number of ether oxygens (including phenoxy) is 1.